The molecule has 2 atom stereocenters. The summed E-state index contributed by atoms with van der Waals surface area (Å²) in [6.45, 7) is 3.56. The van der Waals surface area contributed by atoms with Crippen LogP contribution in [0.3, 0.4) is 0 Å². The van der Waals surface area contributed by atoms with Gasteiger partial charge in [0, 0.05) is 3.92 Å². The molecule has 8 heavy (non-hydrogen) atoms. The van der Waals surface area contributed by atoms with Crippen LogP contribution in [0.2, 0.25) is 0 Å². The second kappa shape index (κ2) is 3.86. The minimum atomic E-state index is -0.792. The Labute approximate surface area is 75.3 Å². The summed E-state index contributed by atoms with van der Waals surface area (Å²) in [6.07, 6.45) is 0. The van der Waals surface area contributed by atoms with Gasteiger partial charge in [0.1, 0.15) is 3.92 Å². The van der Waals surface area contributed by atoms with Gasteiger partial charge >= 0.3 is 5.97 Å². The number of carbonyl (C=O) groups is 1. The number of hydrogen-bond acceptors (Lipinski definition) is 1. The van der Waals surface area contributed by atoms with E-state index >= 15 is 0 Å². The van der Waals surface area contributed by atoms with Crippen LogP contribution in [0, 0.1) is 6.92 Å². The number of hydrogen-bond donors (Lipinski definition) is 1. The molecule has 4 heteroatoms. The van der Waals surface area contributed by atoms with Gasteiger partial charge in [-0.05, 0) is 6.92 Å². The van der Waals surface area contributed by atoms with Crippen molar-refractivity contribution >= 4 is 51.2 Å². The summed E-state index contributed by atoms with van der Waals surface area (Å²) in [5, 5.41) is 8.30. The molecule has 0 amide bonds. The van der Waals surface area contributed by atoms with Crippen LogP contribution in [0.1, 0.15) is 0 Å². The molecule has 0 heterocycles. The normalized spacial score (nSPS) is 17.4. The molecule has 1 radical (unpaired) electrons. The molecular weight excluding hydrogens is 334 g/mol. The van der Waals surface area contributed by atoms with E-state index in [-0.39, 0.29) is 7.85 Å². The number of aliphatic carboxylic acids is 1. The third-order valence-electron chi connectivity index (χ3n) is 0.553. The fourth-order valence-corrected chi connectivity index (χ4v) is 0.462. The van der Waals surface area contributed by atoms with E-state index in [4.69, 9.17) is 5.11 Å². The molecule has 0 rings (SSSR count). The van der Waals surface area contributed by atoms with E-state index in [2.05, 4.69) is 6.92 Å². The lowest BCUT2D eigenvalue weighted by molar-refractivity contribution is -0.135. The highest BCUT2D eigenvalue weighted by Gasteiger charge is 2.17. The smallest absolute Gasteiger partial charge is 0.317 e. The highest BCUT2D eigenvalue weighted by molar-refractivity contribution is 14.1. The lowest BCUT2D eigenvalue weighted by Crippen LogP contribution is -2.20. The van der Waals surface area contributed by atoms with Crippen LogP contribution < -0.4 is 0 Å². The SMILES string of the molecule is [CH2]C(I)C(I)C(=O)O. The Balaban J connectivity index is 3.64. The van der Waals surface area contributed by atoms with E-state index in [1.165, 1.54) is 0 Å². The predicted octanol–water partition coefficient (Wildman–Crippen LogP) is 1.51. The Morgan fingerprint density at radius 3 is 2.00 bits per heavy atom. The van der Waals surface area contributed by atoms with Gasteiger partial charge in [-0.2, -0.15) is 0 Å². The summed E-state index contributed by atoms with van der Waals surface area (Å²) in [5.74, 6) is -0.792. The molecule has 0 aliphatic heterocycles. The lowest BCUT2D eigenvalue weighted by Gasteiger charge is -2.03. The van der Waals surface area contributed by atoms with Crippen LogP contribution >= 0.6 is 45.2 Å². The van der Waals surface area contributed by atoms with Crippen LogP contribution in [0.25, 0.3) is 0 Å². The van der Waals surface area contributed by atoms with E-state index in [1.54, 1.807) is 0 Å². The monoisotopic (exact) mass is 339 g/mol. The van der Waals surface area contributed by atoms with Crippen LogP contribution in [0.5, 0.6) is 0 Å². The minimum Gasteiger partial charge on any atom is -0.480 e. The summed E-state index contributed by atoms with van der Waals surface area (Å²) in [5.41, 5.74) is 0. The number of halogens is 2. The fourth-order valence-electron chi connectivity index (χ4n) is 0.155. The number of carboxylic acid groups (broad SMARTS) is 1. The van der Waals surface area contributed by atoms with Crippen LogP contribution in [-0.2, 0) is 4.79 Å². The van der Waals surface area contributed by atoms with Crippen molar-refractivity contribution in [2.75, 3.05) is 0 Å². The summed E-state index contributed by atoms with van der Waals surface area (Å²) in [4.78, 5) is 10.1. The molecule has 0 aliphatic rings. The van der Waals surface area contributed by atoms with E-state index in [9.17, 15) is 4.79 Å². The van der Waals surface area contributed by atoms with Crippen molar-refractivity contribution in [1.29, 1.82) is 0 Å². The van der Waals surface area contributed by atoms with Gasteiger partial charge in [-0.3, -0.25) is 4.79 Å². The predicted molar refractivity (Wildman–Crippen MR) is 48.6 cm³/mol. The average Bonchev–Trinajstić information content (AvgIpc) is 1.64. The van der Waals surface area contributed by atoms with Crippen molar-refractivity contribution < 1.29 is 9.90 Å². The van der Waals surface area contributed by atoms with Gasteiger partial charge in [0.25, 0.3) is 0 Å². The molecule has 0 fully saturated rings. The molecule has 0 saturated heterocycles. The molecule has 1 N–H and O–H groups in total. The summed E-state index contributed by atoms with van der Waals surface area (Å²) in [6, 6.07) is 0. The van der Waals surface area contributed by atoms with E-state index < -0.39 is 5.97 Å². The molecule has 2 nitrogen and oxygen atoms in total. The average molecular weight is 339 g/mol. The second-order valence-electron chi connectivity index (χ2n) is 1.26. The van der Waals surface area contributed by atoms with Crippen molar-refractivity contribution in [3.8, 4) is 0 Å². The molecule has 0 saturated carbocycles. The number of rotatable bonds is 2. The van der Waals surface area contributed by atoms with Crippen LogP contribution in [-0.4, -0.2) is 18.9 Å². The molecule has 0 spiro atoms. The molecule has 2 unspecified atom stereocenters. The number of alkyl halides is 2. The van der Waals surface area contributed by atoms with Crippen molar-refractivity contribution in [2.24, 2.45) is 0 Å². The molecule has 47 valence electrons. The quantitative estimate of drug-likeness (QED) is 0.612. The zero-order chi connectivity index (χ0) is 6.73. The number of carboxylic acids is 1. The zero-order valence-corrected chi connectivity index (χ0v) is 8.29. The topological polar surface area (TPSA) is 37.3 Å². The Bertz CT molecular complexity index is 92.0. The summed E-state index contributed by atoms with van der Waals surface area (Å²) in [7, 11) is 0. The second-order valence-corrected chi connectivity index (χ2v) is 4.20. The van der Waals surface area contributed by atoms with E-state index in [0.717, 1.165) is 0 Å². The third kappa shape index (κ3) is 3.06. The Hall–Kier alpha value is 0.930. The maximum Gasteiger partial charge on any atom is 0.317 e. The molecule has 0 bridgehead atoms. The minimum absolute atomic E-state index is 0.0503. The molecular formula is C4H5I2O2. The molecule has 0 aromatic heterocycles. The first kappa shape index (κ1) is 8.93. The van der Waals surface area contributed by atoms with Crippen LogP contribution in [0.15, 0.2) is 0 Å². The maximum absolute atomic E-state index is 10.1. The zero-order valence-electron chi connectivity index (χ0n) is 3.97. The van der Waals surface area contributed by atoms with Gasteiger partial charge in [-0.25, -0.2) is 0 Å². The van der Waals surface area contributed by atoms with Gasteiger partial charge in [0.2, 0.25) is 0 Å². The summed E-state index contributed by atoms with van der Waals surface area (Å²) >= 11 is 3.84. The Kier molecular flexibility index (Phi) is 4.31. The first-order chi connectivity index (χ1) is 3.55. The van der Waals surface area contributed by atoms with Crippen molar-refractivity contribution in [1.82, 2.24) is 0 Å². The van der Waals surface area contributed by atoms with Crippen molar-refractivity contribution in [3.63, 3.8) is 0 Å². The largest absolute Gasteiger partial charge is 0.480 e. The molecule has 0 aromatic rings. The fraction of sp³-hybridized carbons (Fsp3) is 0.500. The van der Waals surface area contributed by atoms with Gasteiger partial charge < -0.3 is 5.11 Å². The van der Waals surface area contributed by atoms with Gasteiger partial charge in [-0.15, -0.1) is 0 Å². The molecule has 0 aromatic carbocycles. The highest BCUT2D eigenvalue weighted by atomic mass is 127. The van der Waals surface area contributed by atoms with E-state index in [0.29, 0.717) is 0 Å². The van der Waals surface area contributed by atoms with Crippen LogP contribution in [0.4, 0.5) is 0 Å². The first-order valence-electron chi connectivity index (χ1n) is 1.89. The Morgan fingerprint density at radius 1 is 1.62 bits per heavy atom. The first-order valence-corrected chi connectivity index (χ1v) is 4.39. The van der Waals surface area contributed by atoms with Gasteiger partial charge in [0.15, 0.2) is 0 Å². The van der Waals surface area contributed by atoms with Gasteiger partial charge in [-0.1, -0.05) is 45.2 Å². The lowest BCUT2D eigenvalue weighted by atomic mass is 10.3. The third-order valence-corrected chi connectivity index (χ3v) is 4.05. The standard InChI is InChI=1S/C4H5I2O2/c1-2(5)3(6)4(7)8/h2-3H,1H2,(H,7,8). The van der Waals surface area contributed by atoms with Crippen molar-refractivity contribution in [3.05, 3.63) is 6.92 Å². The van der Waals surface area contributed by atoms with Gasteiger partial charge in [0.05, 0.1) is 0 Å². The highest BCUT2D eigenvalue weighted by Crippen LogP contribution is 2.13. The summed E-state index contributed by atoms with van der Waals surface area (Å²) < 4.78 is -0.418. The van der Waals surface area contributed by atoms with E-state index in [1.807, 2.05) is 45.2 Å². The Morgan fingerprint density at radius 2 is 2.00 bits per heavy atom. The molecule has 0 aliphatic carbocycles. The van der Waals surface area contributed by atoms with Crippen molar-refractivity contribution in [2.45, 2.75) is 7.85 Å². The maximum atomic E-state index is 10.1.